The molecule has 0 aliphatic carbocycles. The van der Waals surface area contributed by atoms with Crippen molar-refractivity contribution in [2.45, 2.75) is 6.18 Å². The Morgan fingerprint density at radius 2 is 2.08 bits per heavy atom. The molecule has 0 atom stereocenters. The van der Waals surface area contributed by atoms with Gasteiger partial charge in [0.15, 0.2) is 0 Å². The molecule has 68 valence electrons. The van der Waals surface area contributed by atoms with Gasteiger partial charge in [-0.1, -0.05) is 6.07 Å². The Kier molecular flexibility index (Phi) is 1.76. The van der Waals surface area contributed by atoms with Crippen molar-refractivity contribution in [1.82, 2.24) is 4.98 Å². The first kappa shape index (κ1) is 8.50. The molecule has 0 radical (unpaired) electrons. The second-order valence-electron chi connectivity index (χ2n) is 2.51. The van der Waals surface area contributed by atoms with E-state index in [0.717, 1.165) is 6.07 Å². The molecule has 0 bridgehead atoms. The lowest BCUT2D eigenvalue weighted by Gasteiger charge is -1.99. The van der Waals surface area contributed by atoms with Gasteiger partial charge in [-0.2, -0.15) is 13.2 Å². The van der Waals surface area contributed by atoms with E-state index in [2.05, 4.69) is 4.98 Å². The molecular formula is C8H4F3NS. The molecule has 2 aromatic heterocycles. The number of pyridine rings is 1. The van der Waals surface area contributed by atoms with Crippen LogP contribution in [0.15, 0.2) is 24.4 Å². The number of nitrogens with zero attached hydrogens (tertiary/aromatic N) is 1. The number of aromatic nitrogens is 1. The molecule has 0 aliphatic heterocycles. The average molecular weight is 203 g/mol. The lowest BCUT2D eigenvalue weighted by molar-refractivity contribution is -0.134. The summed E-state index contributed by atoms with van der Waals surface area (Å²) in [5.74, 6) is 0. The van der Waals surface area contributed by atoms with Gasteiger partial charge in [0.05, 0.1) is 0 Å². The maximum atomic E-state index is 12.2. The molecule has 0 saturated carbocycles. The maximum absolute atomic E-state index is 12.2. The summed E-state index contributed by atoms with van der Waals surface area (Å²) < 4.78 is 36.6. The summed E-state index contributed by atoms with van der Waals surface area (Å²) in [5.41, 5.74) is 0. The van der Waals surface area contributed by atoms with E-state index in [1.54, 1.807) is 12.1 Å². The largest absolute Gasteiger partial charge is 0.425 e. The van der Waals surface area contributed by atoms with Crippen molar-refractivity contribution in [3.63, 3.8) is 0 Å². The van der Waals surface area contributed by atoms with Crippen LogP contribution in [0.3, 0.4) is 0 Å². The van der Waals surface area contributed by atoms with E-state index >= 15 is 0 Å². The molecule has 5 heteroatoms. The first-order valence-electron chi connectivity index (χ1n) is 3.49. The van der Waals surface area contributed by atoms with Gasteiger partial charge in [0.2, 0.25) is 0 Å². The van der Waals surface area contributed by atoms with E-state index in [9.17, 15) is 13.2 Å². The highest BCUT2D eigenvalue weighted by molar-refractivity contribution is 7.18. The van der Waals surface area contributed by atoms with E-state index in [-0.39, 0.29) is 0 Å². The van der Waals surface area contributed by atoms with Gasteiger partial charge in [0, 0.05) is 11.6 Å². The summed E-state index contributed by atoms with van der Waals surface area (Å²) in [6.45, 7) is 0. The fourth-order valence-corrected chi connectivity index (χ4v) is 1.88. The molecule has 0 fully saturated rings. The second-order valence-corrected chi connectivity index (χ2v) is 3.54. The summed E-state index contributed by atoms with van der Waals surface area (Å²) in [7, 11) is 0. The molecule has 2 heterocycles. The van der Waals surface area contributed by atoms with Crippen LogP contribution >= 0.6 is 11.3 Å². The number of hydrogen-bond donors (Lipinski definition) is 0. The fourth-order valence-electron chi connectivity index (χ4n) is 1.01. The minimum absolute atomic E-state index is 0.426. The van der Waals surface area contributed by atoms with E-state index in [4.69, 9.17) is 0 Å². The Morgan fingerprint density at radius 1 is 1.31 bits per heavy atom. The second kappa shape index (κ2) is 2.70. The zero-order valence-electron chi connectivity index (χ0n) is 6.30. The number of rotatable bonds is 0. The van der Waals surface area contributed by atoms with E-state index < -0.39 is 11.1 Å². The highest BCUT2D eigenvalue weighted by Gasteiger charge is 2.32. The van der Waals surface area contributed by atoms with Crippen molar-refractivity contribution in [3.05, 3.63) is 29.3 Å². The van der Waals surface area contributed by atoms with Crippen molar-refractivity contribution in [2.24, 2.45) is 0 Å². The Morgan fingerprint density at radius 3 is 2.69 bits per heavy atom. The number of halogens is 3. The molecule has 1 nitrogen and oxygen atoms in total. The first-order valence-corrected chi connectivity index (χ1v) is 4.31. The van der Waals surface area contributed by atoms with Crippen molar-refractivity contribution >= 4 is 21.6 Å². The van der Waals surface area contributed by atoms with Gasteiger partial charge in [-0.3, -0.25) is 0 Å². The monoisotopic (exact) mass is 203 g/mol. The van der Waals surface area contributed by atoms with Gasteiger partial charge in [-0.15, -0.1) is 11.3 Å². The molecule has 0 amide bonds. The summed E-state index contributed by atoms with van der Waals surface area (Å²) in [4.78, 5) is 3.66. The normalized spacial score (nSPS) is 12.2. The van der Waals surface area contributed by atoms with Crippen molar-refractivity contribution in [2.75, 3.05) is 0 Å². The lowest BCUT2D eigenvalue weighted by Crippen LogP contribution is -2.00. The topological polar surface area (TPSA) is 12.9 Å². The van der Waals surface area contributed by atoms with E-state index in [1.807, 2.05) is 0 Å². The van der Waals surface area contributed by atoms with Crippen molar-refractivity contribution in [1.29, 1.82) is 0 Å². The molecule has 0 saturated heterocycles. The Labute approximate surface area is 75.8 Å². The van der Waals surface area contributed by atoms with E-state index in [1.165, 1.54) is 6.20 Å². The van der Waals surface area contributed by atoms with Gasteiger partial charge >= 0.3 is 6.18 Å². The van der Waals surface area contributed by atoms with Gasteiger partial charge in [-0.25, -0.2) is 4.98 Å². The van der Waals surface area contributed by atoms with Gasteiger partial charge in [0.1, 0.15) is 9.71 Å². The van der Waals surface area contributed by atoms with Crippen molar-refractivity contribution in [3.8, 4) is 0 Å². The number of alkyl halides is 3. The minimum Gasteiger partial charge on any atom is -0.245 e. The van der Waals surface area contributed by atoms with Crippen LogP contribution in [0.25, 0.3) is 10.2 Å². The smallest absolute Gasteiger partial charge is 0.245 e. The quantitative estimate of drug-likeness (QED) is 0.640. The van der Waals surface area contributed by atoms with Crippen molar-refractivity contribution < 1.29 is 13.2 Å². The number of thiophene rings is 1. The SMILES string of the molecule is FC(F)(F)c1cc2cccnc2s1. The molecule has 2 aromatic rings. The third-order valence-corrected chi connectivity index (χ3v) is 2.68. The molecule has 13 heavy (non-hydrogen) atoms. The predicted octanol–water partition coefficient (Wildman–Crippen LogP) is 3.32. The predicted molar refractivity (Wildman–Crippen MR) is 44.6 cm³/mol. The summed E-state index contributed by atoms with van der Waals surface area (Å²) >= 11 is 0.668. The zero-order chi connectivity index (χ0) is 9.47. The highest BCUT2D eigenvalue weighted by atomic mass is 32.1. The molecule has 0 aliphatic rings. The maximum Gasteiger partial charge on any atom is 0.425 e. The molecule has 0 aromatic carbocycles. The van der Waals surface area contributed by atoms with Crippen LogP contribution < -0.4 is 0 Å². The van der Waals surface area contributed by atoms with Gasteiger partial charge < -0.3 is 0 Å². The lowest BCUT2D eigenvalue weighted by atomic mass is 10.3. The molecule has 0 unspecified atom stereocenters. The fraction of sp³-hybridized carbons (Fsp3) is 0.125. The third-order valence-electron chi connectivity index (χ3n) is 1.57. The third kappa shape index (κ3) is 1.51. The van der Waals surface area contributed by atoms with Crippen LogP contribution in [-0.4, -0.2) is 4.98 Å². The molecule has 0 spiro atoms. The molecule has 2 rings (SSSR count). The summed E-state index contributed by atoms with van der Waals surface area (Å²) in [6.07, 6.45) is -2.77. The van der Waals surface area contributed by atoms with Crippen LogP contribution in [0.4, 0.5) is 13.2 Å². The Balaban J connectivity index is 2.63. The zero-order valence-corrected chi connectivity index (χ0v) is 7.12. The van der Waals surface area contributed by atoms with Crippen LogP contribution in [-0.2, 0) is 6.18 Å². The average Bonchev–Trinajstić information content (AvgIpc) is 2.45. The van der Waals surface area contributed by atoms with Crippen LogP contribution in [0.2, 0.25) is 0 Å². The van der Waals surface area contributed by atoms with Crippen LogP contribution in [0.1, 0.15) is 4.88 Å². The highest BCUT2D eigenvalue weighted by Crippen LogP contribution is 2.36. The van der Waals surface area contributed by atoms with Gasteiger partial charge in [0.25, 0.3) is 0 Å². The van der Waals surface area contributed by atoms with Crippen LogP contribution in [0.5, 0.6) is 0 Å². The number of fused-ring (bicyclic) bond motifs is 1. The van der Waals surface area contributed by atoms with Gasteiger partial charge in [-0.05, 0) is 12.1 Å². The first-order chi connectivity index (χ1) is 6.07. The van der Waals surface area contributed by atoms with Crippen LogP contribution in [0, 0.1) is 0 Å². The Bertz CT molecular complexity index is 399. The Hall–Kier alpha value is -1.10. The molecule has 0 N–H and O–H groups in total. The molecular weight excluding hydrogens is 199 g/mol. The number of hydrogen-bond acceptors (Lipinski definition) is 2. The summed E-state index contributed by atoms with van der Waals surface area (Å²) in [5, 5.41) is 0.542. The minimum atomic E-state index is -4.26. The standard InChI is InChI=1S/C8H4F3NS/c9-8(10,11)6-4-5-2-1-3-12-7(5)13-6/h1-4H. The van der Waals surface area contributed by atoms with E-state index in [0.29, 0.717) is 21.6 Å². The summed E-state index contributed by atoms with van der Waals surface area (Å²) in [6, 6.07) is 4.36.